The van der Waals surface area contributed by atoms with Gasteiger partial charge in [-0.2, -0.15) is 0 Å². The van der Waals surface area contributed by atoms with Crippen LogP contribution in [0.4, 0.5) is 0 Å². The first-order valence-corrected chi connectivity index (χ1v) is 6.25. The minimum atomic E-state index is 0.792. The Labute approximate surface area is 97.0 Å². The van der Waals surface area contributed by atoms with Crippen LogP contribution in [0.1, 0.15) is 31.4 Å². The molecule has 0 amide bonds. The van der Waals surface area contributed by atoms with Gasteiger partial charge in [0, 0.05) is 0 Å². The second kappa shape index (κ2) is 6.66. The second-order valence-electron chi connectivity index (χ2n) is 4.40. The van der Waals surface area contributed by atoms with Gasteiger partial charge in [-0.15, -0.1) is 0 Å². The average Bonchev–Trinajstić information content (AvgIpc) is 2.83. The van der Waals surface area contributed by atoms with E-state index in [9.17, 15) is 0 Å². The van der Waals surface area contributed by atoms with Crippen LogP contribution in [0.15, 0.2) is 17.0 Å². The van der Waals surface area contributed by atoms with E-state index in [4.69, 9.17) is 4.42 Å². The zero-order chi connectivity index (χ0) is 11.1. The Hall–Kier alpha value is -0.870. The van der Waals surface area contributed by atoms with Crippen molar-refractivity contribution in [3.8, 4) is 0 Å². The van der Waals surface area contributed by atoms with Gasteiger partial charge in [-0.3, -0.25) is 0 Å². The Kier molecular flexibility index (Phi) is 4.83. The normalized spacial score (nSPS) is 17.8. The Morgan fingerprint density at radius 3 is 2.94 bits per heavy atom. The average molecular weight is 223 g/mol. The Morgan fingerprint density at radius 1 is 1.31 bits per heavy atom. The third kappa shape index (κ3) is 3.94. The van der Waals surface area contributed by atoms with E-state index < -0.39 is 0 Å². The molecule has 1 aromatic heterocycles. The summed E-state index contributed by atoms with van der Waals surface area (Å²) in [5.41, 5.74) is 0. The molecule has 4 nitrogen and oxygen atoms in total. The van der Waals surface area contributed by atoms with Crippen LogP contribution in [0.5, 0.6) is 0 Å². The summed E-state index contributed by atoms with van der Waals surface area (Å²) in [6, 6.07) is 0. The van der Waals surface area contributed by atoms with Crippen LogP contribution in [0.3, 0.4) is 0 Å². The van der Waals surface area contributed by atoms with Crippen molar-refractivity contribution in [1.82, 2.24) is 15.2 Å². The molecule has 4 heteroatoms. The lowest BCUT2D eigenvalue weighted by molar-refractivity contribution is 0.225. The molecule has 0 spiro atoms. The molecule has 0 atom stereocenters. The SMILES string of the molecule is c1ncc(CNCCCN2CCCCC2)o1. The number of hydrogen-bond acceptors (Lipinski definition) is 4. The number of nitrogens with one attached hydrogen (secondary N) is 1. The molecule has 90 valence electrons. The highest BCUT2D eigenvalue weighted by Crippen LogP contribution is 2.08. The predicted octanol–water partition coefficient (Wildman–Crippen LogP) is 1.64. The van der Waals surface area contributed by atoms with Crippen LogP contribution >= 0.6 is 0 Å². The summed E-state index contributed by atoms with van der Waals surface area (Å²) in [5.74, 6) is 0.915. The summed E-state index contributed by atoms with van der Waals surface area (Å²) < 4.78 is 5.15. The molecule has 0 saturated carbocycles. The van der Waals surface area contributed by atoms with Crippen LogP contribution in [-0.2, 0) is 6.54 Å². The standard InChI is InChI=1S/C12H21N3O/c1-2-6-15(7-3-1)8-4-5-13-9-12-10-14-11-16-12/h10-11,13H,1-9H2. The lowest BCUT2D eigenvalue weighted by atomic mass is 10.1. The molecular formula is C12H21N3O. The maximum atomic E-state index is 5.15. The molecule has 1 aliphatic rings. The van der Waals surface area contributed by atoms with Crippen LogP contribution in [0.2, 0.25) is 0 Å². The van der Waals surface area contributed by atoms with Gasteiger partial charge in [0.25, 0.3) is 0 Å². The molecule has 0 bridgehead atoms. The number of rotatable bonds is 6. The van der Waals surface area contributed by atoms with Gasteiger partial charge in [-0.05, 0) is 45.4 Å². The van der Waals surface area contributed by atoms with Gasteiger partial charge in [-0.25, -0.2) is 4.98 Å². The molecule has 1 N–H and O–H groups in total. The van der Waals surface area contributed by atoms with Crippen molar-refractivity contribution in [2.45, 2.75) is 32.2 Å². The molecule has 16 heavy (non-hydrogen) atoms. The van der Waals surface area contributed by atoms with Gasteiger partial charge in [-0.1, -0.05) is 6.42 Å². The Balaban J connectivity index is 1.48. The highest BCUT2D eigenvalue weighted by atomic mass is 16.3. The van der Waals surface area contributed by atoms with Gasteiger partial charge in [0.05, 0.1) is 12.7 Å². The number of piperidine rings is 1. The molecular weight excluding hydrogens is 202 g/mol. The predicted molar refractivity (Wildman–Crippen MR) is 63.1 cm³/mol. The number of aromatic nitrogens is 1. The van der Waals surface area contributed by atoms with Gasteiger partial charge >= 0.3 is 0 Å². The Morgan fingerprint density at radius 2 is 2.19 bits per heavy atom. The first-order valence-electron chi connectivity index (χ1n) is 6.25. The highest BCUT2D eigenvalue weighted by Gasteiger charge is 2.08. The van der Waals surface area contributed by atoms with Crippen molar-refractivity contribution in [2.75, 3.05) is 26.2 Å². The van der Waals surface area contributed by atoms with E-state index in [1.807, 2.05) is 0 Å². The van der Waals surface area contributed by atoms with E-state index in [-0.39, 0.29) is 0 Å². The lowest BCUT2D eigenvalue weighted by Crippen LogP contribution is -2.32. The van der Waals surface area contributed by atoms with Gasteiger partial charge in [0.2, 0.25) is 0 Å². The number of nitrogens with zero attached hydrogens (tertiary/aromatic N) is 2. The van der Waals surface area contributed by atoms with Gasteiger partial charge in [0.1, 0.15) is 5.76 Å². The fraction of sp³-hybridized carbons (Fsp3) is 0.750. The van der Waals surface area contributed by atoms with Crippen molar-refractivity contribution in [3.63, 3.8) is 0 Å². The van der Waals surface area contributed by atoms with Gasteiger partial charge < -0.3 is 14.6 Å². The third-order valence-corrected chi connectivity index (χ3v) is 3.06. The summed E-state index contributed by atoms with van der Waals surface area (Å²) in [4.78, 5) is 6.45. The van der Waals surface area contributed by atoms with Crippen molar-refractivity contribution in [3.05, 3.63) is 18.4 Å². The lowest BCUT2D eigenvalue weighted by Gasteiger charge is -2.26. The quantitative estimate of drug-likeness (QED) is 0.744. The largest absolute Gasteiger partial charge is 0.447 e. The molecule has 1 saturated heterocycles. The molecule has 0 aliphatic carbocycles. The highest BCUT2D eigenvalue weighted by molar-refractivity contribution is 4.86. The maximum absolute atomic E-state index is 5.15. The zero-order valence-corrected chi connectivity index (χ0v) is 9.82. The maximum Gasteiger partial charge on any atom is 0.180 e. The van der Waals surface area contributed by atoms with Crippen molar-refractivity contribution < 1.29 is 4.42 Å². The Bertz CT molecular complexity index is 268. The molecule has 2 rings (SSSR count). The summed E-state index contributed by atoms with van der Waals surface area (Å²) in [6.45, 7) is 5.66. The summed E-state index contributed by atoms with van der Waals surface area (Å²) in [7, 11) is 0. The first kappa shape index (κ1) is 11.6. The monoisotopic (exact) mass is 223 g/mol. The molecule has 1 aliphatic heterocycles. The number of likely N-dealkylation sites (tertiary alicyclic amines) is 1. The first-order chi connectivity index (χ1) is 7.95. The molecule has 0 radical (unpaired) electrons. The van der Waals surface area contributed by atoms with E-state index in [0.717, 1.165) is 18.8 Å². The smallest absolute Gasteiger partial charge is 0.180 e. The second-order valence-corrected chi connectivity index (χ2v) is 4.40. The van der Waals surface area contributed by atoms with Gasteiger partial charge in [0.15, 0.2) is 6.39 Å². The van der Waals surface area contributed by atoms with E-state index in [1.54, 1.807) is 6.20 Å². The van der Waals surface area contributed by atoms with Crippen molar-refractivity contribution >= 4 is 0 Å². The molecule has 2 heterocycles. The minimum absolute atomic E-state index is 0.792. The van der Waals surface area contributed by atoms with E-state index in [0.29, 0.717) is 0 Å². The molecule has 0 aromatic carbocycles. The molecule has 1 aromatic rings. The van der Waals surface area contributed by atoms with Crippen molar-refractivity contribution in [1.29, 1.82) is 0 Å². The number of oxazole rings is 1. The summed E-state index contributed by atoms with van der Waals surface area (Å²) >= 11 is 0. The third-order valence-electron chi connectivity index (χ3n) is 3.06. The fourth-order valence-electron chi connectivity index (χ4n) is 2.15. The topological polar surface area (TPSA) is 41.3 Å². The minimum Gasteiger partial charge on any atom is -0.447 e. The van der Waals surface area contributed by atoms with E-state index in [1.165, 1.54) is 51.7 Å². The van der Waals surface area contributed by atoms with Crippen LogP contribution in [-0.4, -0.2) is 36.1 Å². The molecule has 1 fully saturated rings. The molecule has 0 unspecified atom stereocenters. The van der Waals surface area contributed by atoms with Crippen LogP contribution < -0.4 is 5.32 Å². The van der Waals surface area contributed by atoms with Crippen molar-refractivity contribution in [2.24, 2.45) is 0 Å². The van der Waals surface area contributed by atoms with E-state index in [2.05, 4.69) is 15.2 Å². The van der Waals surface area contributed by atoms with Crippen LogP contribution in [0, 0.1) is 0 Å². The zero-order valence-electron chi connectivity index (χ0n) is 9.82. The number of hydrogen-bond donors (Lipinski definition) is 1. The van der Waals surface area contributed by atoms with Crippen LogP contribution in [0.25, 0.3) is 0 Å². The summed E-state index contributed by atoms with van der Waals surface area (Å²) in [6.07, 6.45) is 8.63. The fourth-order valence-corrected chi connectivity index (χ4v) is 2.15. The van der Waals surface area contributed by atoms with E-state index >= 15 is 0 Å². The summed E-state index contributed by atoms with van der Waals surface area (Å²) in [5, 5.41) is 3.37.